The van der Waals surface area contributed by atoms with Gasteiger partial charge in [-0.05, 0) is 32.0 Å². The first kappa shape index (κ1) is 14.1. The van der Waals surface area contributed by atoms with Crippen molar-refractivity contribution in [2.24, 2.45) is 0 Å². The molecular formula is C14H16F2N2S. The topological polar surface area (TPSA) is 24.9 Å². The summed E-state index contributed by atoms with van der Waals surface area (Å²) in [4.78, 5) is 5.46. The van der Waals surface area contributed by atoms with Gasteiger partial charge >= 0.3 is 0 Å². The van der Waals surface area contributed by atoms with Gasteiger partial charge in [0.1, 0.15) is 16.6 Å². The van der Waals surface area contributed by atoms with Crippen LogP contribution in [0.1, 0.15) is 23.9 Å². The van der Waals surface area contributed by atoms with E-state index in [1.165, 1.54) is 23.5 Å². The molecule has 1 aromatic heterocycles. The Kier molecular flexibility index (Phi) is 4.61. The van der Waals surface area contributed by atoms with Crippen LogP contribution in [-0.2, 0) is 6.54 Å². The van der Waals surface area contributed by atoms with Crippen LogP contribution in [0.3, 0.4) is 0 Å². The summed E-state index contributed by atoms with van der Waals surface area (Å²) in [5, 5.41) is 3.90. The lowest BCUT2D eigenvalue weighted by atomic mass is 10.2. The van der Waals surface area contributed by atoms with E-state index in [1.54, 1.807) is 0 Å². The average Bonchev–Trinajstić information content (AvgIpc) is 2.71. The highest BCUT2D eigenvalue weighted by molar-refractivity contribution is 7.15. The number of halogens is 2. The van der Waals surface area contributed by atoms with Crippen LogP contribution in [0, 0.1) is 18.6 Å². The zero-order chi connectivity index (χ0) is 13.8. The maximum atomic E-state index is 13.7. The Morgan fingerprint density at radius 3 is 2.79 bits per heavy atom. The van der Waals surface area contributed by atoms with E-state index in [1.807, 2.05) is 6.92 Å². The minimum atomic E-state index is -0.570. The lowest BCUT2D eigenvalue weighted by molar-refractivity contribution is 0.585. The highest BCUT2D eigenvalue weighted by Gasteiger charge is 2.13. The van der Waals surface area contributed by atoms with Crippen LogP contribution in [0.5, 0.6) is 0 Å². The van der Waals surface area contributed by atoms with E-state index < -0.39 is 11.6 Å². The molecule has 0 saturated carbocycles. The van der Waals surface area contributed by atoms with E-state index in [0.717, 1.165) is 36.1 Å². The molecule has 0 saturated heterocycles. The fraction of sp³-hybridized carbons (Fsp3) is 0.357. The van der Waals surface area contributed by atoms with Gasteiger partial charge in [-0.3, -0.25) is 0 Å². The Balaban J connectivity index is 2.23. The Hall–Kier alpha value is -1.33. The van der Waals surface area contributed by atoms with Gasteiger partial charge in [0.15, 0.2) is 0 Å². The average molecular weight is 282 g/mol. The number of thiazole rings is 1. The van der Waals surface area contributed by atoms with Crippen molar-refractivity contribution in [3.05, 3.63) is 40.4 Å². The number of hydrogen-bond donors (Lipinski definition) is 1. The van der Waals surface area contributed by atoms with E-state index in [2.05, 4.69) is 17.2 Å². The second kappa shape index (κ2) is 6.21. The number of hydrogen-bond acceptors (Lipinski definition) is 3. The van der Waals surface area contributed by atoms with E-state index in [-0.39, 0.29) is 0 Å². The summed E-state index contributed by atoms with van der Waals surface area (Å²) in [5.41, 5.74) is 1.25. The smallest absolute Gasteiger partial charge is 0.136 e. The molecule has 0 amide bonds. The molecule has 0 spiro atoms. The molecule has 0 aliphatic rings. The molecule has 0 radical (unpaired) electrons. The molecule has 0 fully saturated rings. The van der Waals surface area contributed by atoms with Crippen LogP contribution < -0.4 is 5.32 Å². The second-order valence-corrected chi connectivity index (χ2v) is 5.41. The zero-order valence-corrected chi connectivity index (χ0v) is 11.8. The number of aromatic nitrogens is 1. The quantitative estimate of drug-likeness (QED) is 0.841. The third-order valence-corrected chi connectivity index (χ3v) is 3.96. The third kappa shape index (κ3) is 3.36. The van der Waals surface area contributed by atoms with Crippen molar-refractivity contribution < 1.29 is 8.78 Å². The zero-order valence-electron chi connectivity index (χ0n) is 11.0. The molecule has 19 heavy (non-hydrogen) atoms. The van der Waals surface area contributed by atoms with Gasteiger partial charge in [0.05, 0.1) is 5.69 Å². The van der Waals surface area contributed by atoms with Crippen molar-refractivity contribution in [1.29, 1.82) is 0 Å². The Morgan fingerprint density at radius 1 is 1.32 bits per heavy atom. The molecular weight excluding hydrogens is 266 g/mol. The van der Waals surface area contributed by atoms with Crippen molar-refractivity contribution in [2.75, 3.05) is 6.54 Å². The summed E-state index contributed by atoms with van der Waals surface area (Å²) in [6, 6.07) is 3.58. The van der Waals surface area contributed by atoms with Crippen molar-refractivity contribution in [1.82, 2.24) is 10.3 Å². The first-order chi connectivity index (χ1) is 9.11. The largest absolute Gasteiger partial charge is 0.312 e. The predicted octanol–water partition coefficient (Wildman–Crippen LogP) is 3.90. The van der Waals surface area contributed by atoms with Gasteiger partial charge < -0.3 is 5.32 Å². The normalized spacial score (nSPS) is 10.9. The van der Waals surface area contributed by atoms with Crippen LogP contribution in [0.4, 0.5) is 8.78 Å². The summed E-state index contributed by atoms with van der Waals surface area (Å²) in [7, 11) is 0. The lowest BCUT2D eigenvalue weighted by Crippen LogP contribution is -2.13. The molecule has 2 nitrogen and oxygen atoms in total. The maximum absolute atomic E-state index is 13.7. The summed E-state index contributed by atoms with van der Waals surface area (Å²) < 4.78 is 26.6. The van der Waals surface area contributed by atoms with Crippen molar-refractivity contribution in [2.45, 2.75) is 26.8 Å². The standard InChI is InChI=1S/C14H16F2N2S/c1-3-6-17-8-13-9(2)18-14(19-13)11-5-4-10(15)7-12(11)16/h4-5,7,17H,3,6,8H2,1-2H3. The number of aryl methyl sites for hydroxylation is 1. The van der Waals surface area contributed by atoms with Crippen LogP contribution in [0.15, 0.2) is 18.2 Å². The third-order valence-electron chi connectivity index (χ3n) is 2.77. The summed E-state index contributed by atoms with van der Waals surface area (Å²) in [5.74, 6) is -1.14. The van der Waals surface area contributed by atoms with Crippen molar-refractivity contribution >= 4 is 11.3 Å². The Labute approximate surface area is 115 Å². The van der Waals surface area contributed by atoms with E-state index in [0.29, 0.717) is 10.6 Å². The minimum absolute atomic E-state index is 0.358. The Bertz CT molecular complexity index is 567. The minimum Gasteiger partial charge on any atom is -0.312 e. The summed E-state index contributed by atoms with van der Waals surface area (Å²) >= 11 is 1.45. The molecule has 2 aromatic rings. The number of benzene rings is 1. The molecule has 0 bridgehead atoms. The number of nitrogens with zero attached hydrogens (tertiary/aromatic N) is 1. The van der Waals surface area contributed by atoms with Crippen LogP contribution in [-0.4, -0.2) is 11.5 Å². The molecule has 5 heteroatoms. The molecule has 1 N–H and O–H groups in total. The van der Waals surface area contributed by atoms with Gasteiger partial charge in [0.2, 0.25) is 0 Å². The fourth-order valence-electron chi connectivity index (χ4n) is 1.75. The van der Waals surface area contributed by atoms with Crippen LogP contribution in [0.25, 0.3) is 10.6 Å². The van der Waals surface area contributed by atoms with E-state index >= 15 is 0 Å². The summed E-state index contributed by atoms with van der Waals surface area (Å²) in [6.45, 7) is 5.69. The fourth-order valence-corrected chi connectivity index (χ4v) is 2.81. The molecule has 1 aromatic carbocycles. The second-order valence-electron chi connectivity index (χ2n) is 4.33. The van der Waals surface area contributed by atoms with Crippen molar-refractivity contribution in [3.8, 4) is 10.6 Å². The molecule has 0 aliphatic carbocycles. The van der Waals surface area contributed by atoms with Crippen LogP contribution in [0.2, 0.25) is 0 Å². The number of rotatable bonds is 5. The van der Waals surface area contributed by atoms with Gasteiger partial charge in [-0.2, -0.15) is 0 Å². The Morgan fingerprint density at radius 2 is 2.11 bits per heavy atom. The van der Waals surface area contributed by atoms with Crippen LogP contribution >= 0.6 is 11.3 Å². The molecule has 2 rings (SSSR count). The molecule has 0 atom stereocenters. The van der Waals surface area contributed by atoms with Gasteiger partial charge in [0, 0.05) is 23.1 Å². The van der Waals surface area contributed by atoms with Gasteiger partial charge in [-0.15, -0.1) is 11.3 Å². The lowest BCUT2D eigenvalue weighted by Gasteiger charge is -2.00. The SMILES string of the molecule is CCCNCc1sc(-c2ccc(F)cc2F)nc1C. The van der Waals surface area contributed by atoms with Gasteiger partial charge in [-0.25, -0.2) is 13.8 Å². The summed E-state index contributed by atoms with van der Waals surface area (Å²) in [6.07, 6.45) is 1.07. The highest BCUT2D eigenvalue weighted by Crippen LogP contribution is 2.30. The molecule has 0 unspecified atom stereocenters. The number of nitrogens with one attached hydrogen (secondary N) is 1. The highest BCUT2D eigenvalue weighted by atomic mass is 32.1. The van der Waals surface area contributed by atoms with Gasteiger partial charge in [0.25, 0.3) is 0 Å². The molecule has 0 aliphatic heterocycles. The van der Waals surface area contributed by atoms with E-state index in [9.17, 15) is 8.78 Å². The van der Waals surface area contributed by atoms with Crippen molar-refractivity contribution in [3.63, 3.8) is 0 Å². The van der Waals surface area contributed by atoms with Gasteiger partial charge in [-0.1, -0.05) is 6.92 Å². The van der Waals surface area contributed by atoms with E-state index in [4.69, 9.17) is 0 Å². The molecule has 102 valence electrons. The molecule has 1 heterocycles. The predicted molar refractivity (Wildman–Crippen MR) is 74.2 cm³/mol. The monoisotopic (exact) mass is 282 g/mol. The first-order valence-corrected chi connectivity index (χ1v) is 7.06. The maximum Gasteiger partial charge on any atom is 0.136 e. The first-order valence-electron chi connectivity index (χ1n) is 6.24.